The number of hydrogen-bond donors (Lipinski definition) is 2. The molecule has 0 radical (unpaired) electrons. The van der Waals surface area contributed by atoms with Gasteiger partial charge in [0.2, 0.25) is 0 Å². The highest BCUT2D eigenvalue weighted by Crippen LogP contribution is 2.61. The number of aliphatic hydroxyl groups excluding tert-OH is 1. The van der Waals surface area contributed by atoms with Gasteiger partial charge in [-0.15, -0.1) is 0 Å². The quantitative estimate of drug-likeness (QED) is 0.453. The first-order valence-corrected chi connectivity index (χ1v) is 8.14. The Balaban J connectivity index is 3.62. The Morgan fingerprint density at radius 3 is 2.35 bits per heavy atom. The molecule has 0 fully saturated rings. The third-order valence-electron chi connectivity index (χ3n) is 3.23. The summed E-state index contributed by atoms with van der Waals surface area (Å²) in [5, 5.41) is 9.86. The van der Waals surface area contributed by atoms with Crippen LogP contribution in [0.4, 0.5) is 0 Å². The van der Waals surface area contributed by atoms with E-state index in [0.29, 0.717) is 0 Å². The van der Waals surface area contributed by atoms with Gasteiger partial charge in [-0.3, -0.25) is 18.9 Å². The summed E-state index contributed by atoms with van der Waals surface area (Å²) in [6.07, 6.45) is 1.12. The van der Waals surface area contributed by atoms with Crippen LogP contribution in [0.15, 0.2) is 15.8 Å². The summed E-state index contributed by atoms with van der Waals surface area (Å²) in [6, 6.07) is 0. The maximum absolute atomic E-state index is 12.9. The van der Waals surface area contributed by atoms with Crippen LogP contribution >= 0.6 is 7.60 Å². The molecule has 1 aromatic heterocycles. The van der Waals surface area contributed by atoms with Gasteiger partial charge in [0.1, 0.15) is 6.61 Å². The molecule has 23 heavy (non-hydrogen) atoms. The fourth-order valence-corrected chi connectivity index (χ4v) is 3.52. The second-order valence-corrected chi connectivity index (χ2v) is 6.97. The van der Waals surface area contributed by atoms with E-state index in [1.165, 1.54) is 14.0 Å². The number of aliphatic hydroxyl groups is 1. The SMILES string of the molecule is COCCOC(CO)(n1cc(C)c(=O)[nH]c1=O)P(=O)(OC)OC. The molecule has 11 heteroatoms. The summed E-state index contributed by atoms with van der Waals surface area (Å²) in [5.74, 6) is 0. The summed E-state index contributed by atoms with van der Waals surface area (Å²) in [4.78, 5) is 25.7. The largest absolute Gasteiger partial charge is 0.391 e. The maximum Gasteiger partial charge on any atom is 0.385 e. The average molecular weight is 352 g/mol. The van der Waals surface area contributed by atoms with Gasteiger partial charge in [-0.1, -0.05) is 0 Å². The zero-order valence-electron chi connectivity index (χ0n) is 13.4. The van der Waals surface area contributed by atoms with E-state index < -0.39 is 30.9 Å². The molecule has 0 aliphatic rings. The minimum Gasteiger partial charge on any atom is -0.391 e. The second kappa shape index (κ2) is 8.00. The molecule has 2 N–H and O–H groups in total. The lowest BCUT2D eigenvalue weighted by Gasteiger charge is -2.37. The molecule has 0 saturated heterocycles. The fourth-order valence-electron chi connectivity index (χ4n) is 1.96. The molecule has 0 bridgehead atoms. The third-order valence-corrected chi connectivity index (χ3v) is 5.54. The third kappa shape index (κ3) is 3.63. The highest BCUT2D eigenvalue weighted by molar-refractivity contribution is 7.54. The van der Waals surface area contributed by atoms with Crippen molar-refractivity contribution in [3.8, 4) is 0 Å². The number of aryl methyl sites for hydroxylation is 1. The molecule has 0 aliphatic heterocycles. The van der Waals surface area contributed by atoms with E-state index in [1.54, 1.807) is 0 Å². The smallest absolute Gasteiger partial charge is 0.385 e. The van der Waals surface area contributed by atoms with Crippen molar-refractivity contribution in [1.29, 1.82) is 0 Å². The normalized spacial score (nSPS) is 14.7. The zero-order valence-corrected chi connectivity index (χ0v) is 14.3. The number of ether oxygens (including phenoxy) is 2. The first-order valence-electron chi connectivity index (χ1n) is 6.60. The molecule has 10 nitrogen and oxygen atoms in total. The van der Waals surface area contributed by atoms with Crippen molar-refractivity contribution in [2.24, 2.45) is 0 Å². The number of methoxy groups -OCH3 is 1. The Morgan fingerprint density at radius 2 is 1.87 bits per heavy atom. The number of H-pyrrole nitrogens is 1. The molecule has 0 aromatic carbocycles. The average Bonchev–Trinajstić information content (AvgIpc) is 2.55. The van der Waals surface area contributed by atoms with Crippen molar-refractivity contribution in [3.05, 3.63) is 32.6 Å². The minimum atomic E-state index is -4.13. The molecule has 0 spiro atoms. The van der Waals surface area contributed by atoms with E-state index in [4.69, 9.17) is 18.5 Å². The van der Waals surface area contributed by atoms with Crippen molar-refractivity contribution in [2.45, 2.75) is 12.4 Å². The van der Waals surface area contributed by atoms with E-state index in [0.717, 1.165) is 25.0 Å². The van der Waals surface area contributed by atoms with Crippen LogP contribution in [0.3, 0.4) is 0 Å². The molecule has 132 valence electrons. The lowest BCUT2D eigenvalue weighted by Crippen LogP contribution is -2.49. The predicted octanol–water partition coefficient (Wildman–Crippen LogP) is -0.403. The molecule has 0 aliphatic carbocycles. The van der Waals surface area contributed by atoms with E-state index in [9.17, 15) is 19.3 Å². The van der Waals surface area contributed by atoms with Crippen molar-refractivity contribution in [2.75, 3.05) is 41.2 Å². The molecule has 0 saturated carbocycles. The van der Waals surface area contributed by atoms with Crippen molar-refractivity contribution < 1.29 is 28.2 Å². The molecule has 1 heterocycles. The van der Waals surface area contributed by atoms with E-state index in [2.05, 4.69) is 4.98 Å². The van der Waals surface area contributed by atoms with Gasteiger partial charge in [0.15, 0.2) is 0 Å². The van der Waals surface area contributed by atoms with Gasteiger partial charge in [0.05, 0.1) is 13.2 Å². The molecule has 1 unspecified atom stereocenters. The lowest BCUT2D eigenvalue weighted by molar-refractivity contribution is -0.105. The lowest BCUT2D eigenvalue weighted by atomic mass is 10.4. The van der Waals surface area contributed by atoms with Gasteiger partial charge in [0.25, 0.3) is 11.0 Å². The van der Waals surface area contributed by atoms with Crippen LogP contribution < -0.4 is 11.2 Å². The summed E-state index contributed by atoms with van der Waals surface area (Å²) in [7, 11) is -0.520. The Labute approximate surface area is 132 Å². The van der Waals surface area contributed by atoms with E-state index >= 15 is 0 Å². The zero-order chi connectivity index (χ0) is 17.7. The van der Waals surface area contributed by atoms with Crippen LogP contribution in [0.1, 0.15) is 5.56 Å². The number of nitrogens with zero attached hydrogens (tertiary/aromatic N) is 1. The molecule has 1 aromatic rings. The minimum absolute atomic E-state index is 0.103. The summed E-state index contributed by atoms with van der Waals surface area (Å²) >= 11 is 0. The molecular weight excluding hydrogens is 331 g/mol. The van der Waals surface area contributed by atoms with Gasteiger partial charge in [-0.05, 0) is 6.92 Å². The van der Waals surface area contributed by atoms with Crippen molar-refractivity contribution >= 4 is 7.60 Å². The first kappa shape index (κ1) is 19.8. The van der Waals surface area contributed by atoms with Gasteiger partial charge in [-0.25, -0.2) is 4.79 Å². The predicted molar refractivity (Wildman–Crippen MR) is 80.6 cm³/mol. The van der Waals surface area contributed by atoms with Gasteiger partial charge < -0.3 is 23.6 Å². The first-order chi connectivity index (χ1) is 10.8. The monoisotopic (exact) mass is 352 g/mol. The summed E-state index contributed by atoms with van der Waals surface area (Å²) in [6.45, 7) is 0.530. The fraction of sp³-hybridized carbons (Fsp3) is 0.667. The number of nitrogens with one attached hydrogen (secondary N) is 1. The molecule has 1 rings (SSSR count). The van der Waals surface area contributed by atoms with E-state index in [-0.39, 0.29) is 18.8 Å². The van der Waals surface area contributed by atoms with Gasteiger partial charge in [-0.2, -0.15) is 0 Å². The number of aromatic amines is 1. The maximum atomic E-state index is 12.9. The molecular formula is C12H21N2O8P. The van der Waals surface area contributed by atoms with Crippen LogP contribution in [0.5, 0.6) is 0 Å². The van der Waals surface area contributed by atoms with Gasteiger partial charge in [0, 0.05) is 33.1 Å². The Hall–Kier alpha value is -1.29. The number of hydrogen-bond acceptors (Lipinski definition) is 8. The van der Waals surface area contributed by atoms with Crippen LogP contribution in [-0.2, 0) is 28.6 Å². The summed E-state index contributed by atoms with van der Waals surface area (Å²) < 4.78 is 33.9. The van der Waals surface area contributed by atoms with Crippen LogP contribution in [0.2, 0.25) is 0 Å². The number of aromatic nitrogens is 2. The summed E-state index contributed by atoms with van der Waals surface area (Å²) in [5.41, 5.74) is -3.56. The highest BCUT2D eigenvalue weighted by atomic mass is 31.2. The molecule has 0 amide bonds. The van der Waals surface area contributed by atoms with Crippen molar-refractivity contribution in [1.82, 2.24) is 9.55 Å². The van der Waals surface area contributed by atoms with Crippen molar-refractivity contribution in [3.63, 3.8) is 0 Å². The second-order valence-electron chi connectivity index (χ2n) is 4.55. The van der Waals surface area contributed by atoms with E-state index in [1.807, 2.05) is 0 Å². The Bertz CT molecular complexity index is 676. The topological polar surface area (TPSA) is 129 Å². The molecule has 1 atom stereocenters. The van der Waals surface area contributed by atoms with Crippen LogP contribution in [-0.4, -0.2) is 55.8 Å². The highest BCUT2D eigenvalue weighted by Gasteiger charge is 2.54. The standard InChI is InChI=1S/C12H21N2O8P/c1-9-7-14(11(17)13-10(9)16)12(8-15,22-6-5-19-2)23(18,20-3)21-4/h7,15H,5-6,8H2,1-4H3,(H,13,16,17). The Kier molecular flexibility index (Phi) is 6.87. The van der Waals surface area contributed by atoms with Crippen LogP contribution in [0.25, 0.3) is 0 Å². The Morgan fingerprint density at radius 1 is 1.26 bits per heavy atom. The van der Waals surface area contributed by atoms with Crippen LogP contribution in [0, 0.1) is 6.92 Å². The number of rotatable bonds is 9. The van der Waals surface area contributed by atoms with Gasteiger partial charge >= 0.3 is 13.3 Å².